The fraction of sp³-hybridized carbons (Fsp3) is 0.167. The molecular weight excluding hydrogens is 252 g/mol. The van der Waals surface area contributed by atoms with Crippen molar-refractivity contribution in [2.24, 2.45) is 0 Å². The second-order valence-electron chi connectivity index (χ2n) is 3.79. The van der Waals surface area contributed by atoms with E-state index in [0.29, 0.717) is 17.1 Å². The normalized spacial score (nSPS) is 10.3. The van der Waals surface area contributed by atoms with E-state index in [0.717, 1.165) is 12.0 Å². The predicted molar refractivity (Wildman–Crippen MR) is 71.8 cm³/mol. The van der Waals surface area contributed by atoms with Gasteiger partial charge in [-0.3, -0.25) is 9.89 Å². The van der Waals surface area contributed by atoms with Crippen LogP contribution in [0.15, 0.2) is 24.4 Å². The Morgan fingerprint density at radius 3 is 3.06 bits per heavy atom. The first kappa shape index (κ1) is 12.4. The minimum atomic E-state index is -0.314. The lowest BCUT2D eigenvalue weighted by atomic mass is 10.2. The lowest BCUT2D eigenvalue weighted by molar-refractivity contribution is 0.102. The maximum Gasteiger partial charge on any atom is 0.258 e. The number of hydrogen-bond acceptors (Lipinski definition) is 3. The maximum absolute atomic E-state index is 12.1. The number of nitrogens with two attached hydrogens (primary N) is 1. The van der Waals surface area contributed by atoms with E-state index in [1.807, 2.05) is 6.92 Å². The maximum atomic E-state index is 12.1. The molecule has 0 bridgehead atoms. The third-order valence-electron chi connectivity index (χ3n) is 2.61. The van der Waals surface area contributed by atoms with Crippen LogP contribution in [0, 0.1) is 0 Å². The summed E-state index contributed by atoms with van der Waals surface area (Å²) in [5.41, 5.74) is 7.31. The minimum Gasteiger partial charge on any atom is -0.398 e. The Bertz CT molecular complexity index is 579. The second kappa shape index (κ2) is 5.10. The first-order valence-electron chi connectivity index (χ1n) is 5.51. The number of H-pyrrole nitrogens is 1. The summed E-state index contributed by atoms with van der Waals surface area (Å²) in [5.74, 6) is 0.271. The number of hydrogen-bond donors (Lipinski definition) is 3. The first-order chi connectivity index (χ1) is 8.63. The van der Waals surface area contributed by atoms with Crippen LogP contribution < -0.4 is 11.1 Å². The zero-order valence-electron chi connectivity index (χ0n) is 9.83. The van der Waals surface area contributed by atoms with Crippen LogP contribution in [0.3, 0.4) is 0 Å². The monoisotopic (exact) mass is 264 g/mol. The van der Waals surface area contributed by atoms with E-state index in [4.69, 9.17) is 17.3 Å². The van der Waals surface area contributed by atoms with E-state index in [1.54, 1.807) is 24.4 Å². The topological polar surface area (TPSA) is 83.8 Å². The molecule has 6 heteroatoms. The van der Waals surface area contributed by atoms with E-state index >= 15 is 0 Å². The highest BCUT2D eigenvalue weighted by Gasteiger charge is 2.14. The molecule has 0 spiro atoms. The molecule has 0 aliphatic carbocycles. The van der Waals surface area contributed by atoms with Gasteiger partial charge >= 0.3 is 0 Å². The van der Waals surface area contributed by atoms with Crippen LogP contribution in [0.4, 0.5) is 11.5 Å². The van der Waals surface area contributed by atoms with Crippen molar-refractivity contribution in [3.63, 3.8) is 0 Å². The third-order valence-corrected chi connectivity index (χ3v) is 3.03. The van der Waals surface area contributed by atoms with Crippen LogP contribution in [0.5, 0.6) is 0 Å². The molecule has 0 radical (unpaired) electrons. The van der Waals surface area contributed by atoms with Crippen molar-refractivity contribution in [3.8, 4) is 0 Å². The molecule has 0 aliphatic heterocycles. The number of amides is 1. The first-order valence-corrected chi connectivity index (χ1v) is 5.88. The van der Waals surface area contributed by atoms with E-state index in [1.165, 1.54) is 0 Å². The fourth-order valence-corrected chi connectivity index (χ4v) is 1.81. The number of aromatic nitrogens is 2. The molecule has 0 saturated carbocycles. The van der Waals surface area contributed by atoms with Gasteiger partial charge in [-0.25, -0.2) is 0 Å². The number of nitrogen functional groups attached to an aromatic ring is 1. The third kappa shape index (κ3) is 2.31. The van der Waals surface area contributed by atoms with Crippen LogP contribution in [-0.4, -0.2) is 16.1 Å². The highest BCUT2D eigenvalue weighted by molar-refractivity contribution is 6.36. The summed E-state index contributed by atoms with van der Waals surface area (Å²) in [5, 5.41) is 9.60. The van der Waals surface area contributed by atoms with Gasteiger partial charge in [0.1, 0.15) is 5.82 Å². The molecule has 2 aromatic rings. The molecule has 18 heavy (non-hydrogen) atoms. The summed E-state index contributed by atoms with van der Waals surface area (Å²) in [7, 11) is 0. The molecule has 0 unspecified atom stereocenters. The van der Waals surface area contributed by atoms with Gasteiger partial charge in [-0.15, -0.1) is 0 Å². The van der Waals surface area contributed by atoms with E-state index < -0.39 is 0 Å². The van der Waals surface area contributed by atoms with Gasteiger partial charge in [0, 0.05) is 5.56 Å². The standard InChI is InChI=1S/C12H13ClN4O/c1-2-7-6-15-17-11(7)16-12(18)8-4-3-5-9(14)10(8)13/h3-6H,2,14H2,1H3,(H2,15,16,17,18). The van der Waals surface area contributed by atoms with Crippen molar-refractivity contribution in [2.75, 3.05) is 11.1 Å². The number of benzene rings is 1. The van der Waals surface area contributed by atoms with Gasteiger partial charge < -0.3 is 11.1 Å². The quantitative estimate of drug-likeness (QED) is 0.745. The number of anilines is 2. The Labute approximate surface area is 109 Å². The van der Waals surface area contributed by atoms with Crippen LogP contribution in [0.25, 0.3) is 0 Å². The van der Waals surface area contributed by atoms with Gasteiger partial charge in [0.15, 0.2) is 0 Å². The number of rotatable bonds is 3. The summed E-state index contributed by atoms with van der Waals surface area (Å²) in [6.07, 6.45) is 2.45. The second-order valence-corrected chi connectivity index (χ2v) is 4.16. The van der Waals surface area contributed by atoms with Gasteiger partial charge in [-0.1, -0.05) is 24.6 Å². The number of halogens is 1. The predicted octanol–water partition coefficient (Wildman–Crippen LogP) is 2.46. The summed E-state index contributed by atoms with van der Waals surface area (Å²) in [4.78, 5) is 12.1. The Kier molecular flexibility index (Phi) is 3.53. The lowest BCUT2D eigenvalue weighted by Gasteiger charge is -2.07. The van der Waals surface area contributed by atoms with Gasteiger partial charge in [-0.05, 0) is 18.6 Å². The number of aromatic amines is 1. The van der Waals surface area contributed by atoms with E-state index in [2.05, 4.69) is 15.5 Å². The molecule has 0 atom stereocenters. The largest absolute Gasteiger partial charge is 0.398 e. The zero-order valence-corrected chi connectivity index (χ0v) is 10.6. The van der Waals surface area contributed by atoms with Crippen LogP contribution in [-0.2, 0) is 6.42 Å². The van der Waals surface area contributed by atoms with Crippen LogP contribution >= 0.6 is 11.6 Å². The van der Waals surface area contributed by atoms with E-state index in [-0.39, 0.29) is 10.9 Å². The molecule has 1 heterocycles. The van der Waals surface area contributed by atoms with Crippen molar-refractivity contribution >= 4 is 29.0 Å². The van der Waals surface area contributed by atoms with Gasteiger partial charge in [0.2, 0.25) is 0 Å². The zero-order chi connectivity index (χ0) is 13.1. The Hall–Kier alpha value is -2.01. The average Bonchev–Trinajstić information content (AvgIpc) is 2.79. The molecular formula is C12H13ClN4O. The van der Waals surface area contributed by atoms with Gasteiger partial charge in [0.25, 0.3) is 5.91 Å². The molecule has 0 fully saturated rings. The number of nitrogens with zero attached hydrogens (tertiary/aromatic N) is 1. The molecule has 4 N–H and O–H groups in total. The highest BCUT2D eigenvalue weighted by Crippen LogP contribution is 2.24. The van der Waals surface area contributed by atoms with Crippen LogP contribution in [0.1, 0.15) is 22.8 Å². The Morgan fingerprint density at radius 2 is 2.33 bits per heavy atom. The van der Waals surface area contributed by atoms with Gasteiger partial charge in [-0.2, -0.15) is 5.10 Å². The molecule has 0 aliphatic rings. The number of aryl methyl sites for hydroxylation is 1. The number of carbonyl (C=O) groups excluding carboxylic acids is 1. The Balaban J connectivity index is 2.25. The van der Waals surface area contributed by atoms with Crippen molar-refractivity contribution in [2.45, 2.75) is 13.3 Å². The van der Waals surface area contributed by atoms with Crippen LogP contribution in [0.2, 0.25) is 5.02 Å². The molecule has 1 amide bonds. The van der Waals surface area contributed by atoms with E-state index in [9.17, 15) is 4.79 Å². The fourth-order valence-electron chi connectivity index (χ4n) is 1.59. The smallest absolute Gasteiger partial charge is 0.258 e. The highest BCUT2D eigenvalue weighted by atomic mass is 35.5. The summed E-state index contributed by atoms with van der Waals surface area (Å²) in [6, 6.07) is 4.95. The van der Waals surface area contributed by atoms with Crippen molar-refractivity contribution in [3.05, 3.63) is 40.5 Å². The molecule has 94 valence electrons. The SMILES string of the molecule is CCc1cn[nH]c1NC(=O)c1cccc(N)c1Cl. The van der Waals surface area contributed by atoms with Crippen molar-refractivity contribution in [1.82, 2.24) is 10.2 Å². The Morgan fingerprint density at radius 1 is 1.56 bits per heavy atom. The van der Waals surface area contributed by atoms with Gasteiger partial charge in [0.05, 0.1) is 22.5 Å². The summed E-state index contributed by atoms with van der Waals surface area (Å²) >= 11 is 5.99. The average molecular weight is 265 g/mol. The molecule has 1 aromatic heterocycles. The van der Waals surface area contributed by atoms with Crippen molar-refractivity contribution < 1.29 is 4.79 Å². The molecule has 1 aromatic carbocycles. The molecule has 0 saturated heterocycles. The summed E-state index contributed by atoms with van der Waals surface area (Å²) in [6.45, 7) is 1.98. The summed E-state index contributed by atoms with van der Waals surface area (Å²) < 4.78 is 0. The van der Waals surface area contributed by atoms with Crippen molar-refractivity contribution in [1.29, 1.82) is 0 Å². The molecule has 5 nitrogen and oxygen atoms in total. The molecule has 2 rings (SSSR count). The minimum absolute atomic E-state index is 0.257. The number of carbonyl (C=O) groups is 1. The number of nitrogens with one attached hydrogen (secondary N) is 2. The lowest BCUT2D eigenvalue weighted by Crippen LogP contribution is -2.14.